The van der Waals surface area contributed by atoms with Crippen molar-refractivity contribution in [3.63, 3.8) is 0 Å². The monoisotopic (exact) mass is 560 g/mol. The minimum atomic E-state index is -0.136. The number of nitrogens with zero attached hydrogens (tertiary/aromatic N) is 4. The van der Waals surface area contributed by atoms with Crippen LogP contribution in [0.25, 0.3) is 27.6 Å². The van der Waals surface area contributed by atoms with Crippen molar-refractivity contribution in [3.8, 4) is 5.82 Å². The summed E-state index contributed by atoms with van der Waals surface area (Å²) in [5, 5.41) is 2.46. The van der Waals surface area contributed by atoms with Gasteiger partial charge in [0, 0.05) is 38.4 Å². The first-order valence-corrected chi connectivity index (χ1v) is 15.0. The van der Waals surface area contributed by atoms with Crippen molar-refractivity contribution < 1.29 is 0 Å². The molecule has 1 aliphatic rings. The second-order valence-electron chi connectivity index (χ2n) is 11.2. The van der Waals surface area contributed by atoms with E-state index in [1.54, 1.807) is 11.8 Å². The number of aromatic nitrogens is 3. The van der Waals surface area contributed by atoms with E-state index >= 15 is 0 Å². The molecule has 0 radical (unpaired) electrons. The average Bonchev–Trinajstić information content (AvgIpc) is 3.36. The molecule has 202 valence electrons. The van der Waals surface area contributed by atoms with E-state index in [-0.39, 0.29) is 5.41 Å². The fraction of sp³-hybridized carbons (Fsp3) is 0.0811. The van der Waals surface area contributed by atoms with Gasteiger partial charge in [0.1, 0.15) is 11.6 Å². The van der Waals surface area contributed by atoms with Gasteiger partial charge in [-0.2, -0.15) is 0 Å². The van der Waals surface area contributed by atoms with Crippen LogP contribution in [-0.2, 0) is 5.41 Å². The minimum absolute atomic E-state index is 0.136. The summed E-state index contributed by atoms with van der Waals surface area (Å²) in [7, 11) is 0. The van der Waals surface area contributed by atoms with Crippen LogP contribution < -0.4 is 4.90 Å². The van der Waals surface area contributed by atoms with Crippen molar-refractivity contribution in [1.82, 2.24) is 14.5 Å². The molecule has 5 heteroatoms. The maximum absolute atomic E-state index is 4.77. The van der Waals surface area contributed by atoms with Crippen LogP contribution in [0, 0.1) is 0 Å². The first kappa shape index (κ1) is 24.9. The van der Waals surface area contributed by atoms with Gasteiger partial charge in [0.2, 0.25) is 0 Å². The number of hydrogen-bond donors (Lipinski definition) is 0. The molecule has 0 fully saturated rings. The van der Waals surface area contributed by atoms with Crippen LogP contribution in [0.15, 0.2) is 144 Å². The maximum Gasteiger partial charge on any atom is 0.137 e. The van der Waals surface area contributed by atoms with E-state index in [0.29, 0.717) is 0 Å². The van der Waals surface area contributed by atoms with Gasteiger partial charge in [-0.1, -0.05) is 86.3 Å². The highest BCUT2D eigenvalue weighted by Crippen LogP contribution is 2.52. The molecule has 7 aromatic rings. The van der Waals surface area contributed by atoms with Crippen molar-refractivity contribution in [2.45, 2.75) is 29.1 Å². The van der Waals surface area contributed by atoms with Crippen molar-refractivity contribution in [2.75, 3.05) is 4.90 Å². The van der Waals surface area contributed by atoms with Crippen LogP contribution >= 0.6 is 11.8 Å². The standard InChI is InChI=1S/C37H28N4S/c1-37(2)29-12-4-6-14-32(29)41(36-16-8-10-22-39-36)34-24-26(18-20-30(34)37)42-25-17-19-28-27-11-3-5-13-31(27)40(33(28)23-25)35-15-7-9-21-38-35/h3-24H,1-2H3. The Labute approximate surface area is 249 Å². The van der Waals surface area contributed by atoms with Crippen molar-refractivity contribution >= 4 is 50.8 Å². The molecule has 0 saturated carbocycles. The van der Waals surface area contributed by atoms with Crippen LogP contribution in [0.2, 0.25) is 0 Å². The second kappa shape index (κ2) is 9.61. The van der Waals surface area contributed by atoms with Gasteiger partial charge in [-0.3, -0.25) is 9.47 Å². The Kier molecular flexibility index (Phi) is 5.69. The van der Waals surface area contributed by atoms with Gasteiger partial charge in [-0.05, 0) is 71.8 Å². The molecule has 0 aliphatic carbocycles. The highest BCUT2D eigenvalue weighted by molar-refractivity contribution is 7.99. The number of pyridine rings is 2. The van der Waals surface area contributed by atoms with E-state index in [0.717, 1.165) is 22.7 Å². The molecule has 4 aromatic carbocycles. The Bertz CT molecular complexity index is 2100. The van der Waals surface area contributed by atoms with Crippen molar-refractivity contribution in [1.29, 1.82) is 0 Å². The Morgan fingerprint density at radius 3 is 2.00 bits per heavy atom. The summed E-state index contributed by atoms with van der Waals surface area (Å²) in [6, 6.07) is 43.1. The van der Waals surface area contributed by atoms with Gasteiger partial charge >= 0.3 is 0 Å². The van der Waals surface area contributed by atoms with Crippen LogP contribution in [0.5, 0.6) is 0 Å². The van der Waals surface area contributed by atoms with E-state index in [2.05, 4.69) is 126 Å². The molecule has 4 nitrogen and oxygen atoms in total. The van der Waals surface area contributed by atoms with E-state index in [1.165, 1.54) is 43.1 Å². The van der Waals surface area contributed by atoms with Gasteiger partial charge in [-0.15, -0.1) is 0 Å². The quantitative estimate of drug-likeness (QED) is 0.215. The molecule has 4 heterocycles. The largest absolute Gasteiger partial charge is 0.294 e. The average molecular weight is 561 g/mol. The van der Waals surface area contributed by atoms with Crippen LogP contribution in [0.3, 0.4) is 0 Å². The molecule has 0 amide bonds. The smallest absolute Gasteiger partial charge is 0.137 e. The minimum Gasteiger partial charge on any atom is -0.294 e. The Balaban J connectivity index is 1.26. The molecule has 0 atom stereocenters. The fourth-order valence-electron chi connectivity index (χ4n) is 6.38. The molecule has 0 bridgehead atoms. The predicted octanol–water partition coefficient (Wildman–Crippen LogP) is 9.83. The number of anilines is 3. The highest BCUT2D eigenvalue weighted by Gasteiger charge is 2.37. The van der Waals surface area contributed by atoms with Crippen LogP contribution in [-0.4, -0.2) is 14.5 Å². The molecule has 8 rings (SSSR count). The molecule has 3 aromatic heterocycles. The zero-order valence-corrected chi connectivity index (χ0v) is 24.2. The molecule has 0 unspecified atom stereocenters. The predicted molar refractivity (Wildman–Crippen MR) is 174 cm³/mol. The van der Waals surface area contributed by atoms with Gasteiger partial charge in [0.15, 0.2) is 0 Å². The SMILES string of the molecule is CC1(C)c2ccccc2N(c2ccccn2)c2cc(Sc3ccc4c5ccccc5n(-c5ccccn5)c4c3)ccc21. The lowest BCUT2D eigenvalue weighted by atomic mass is 9.73. The summed E-state index contributed by atoms with van der Waals surface area (Å²) in [5.74, 6) is 1.84. The van der Waals surface area contributed by atoms with Gasteiger partial charge in [-0.25, -0.2) is 9.97 Å². The summed E-state index contributed by atoms with van der Waals surface area (Å²) < 4.78 is 2.27. The lowest BCUT2D eigenvalue weighted by Crippen LogP contribution is -2.30. The summed E-state index contributed by atoms with van der Waals surface area (Å²) in [6.45, 7) is 4.63. The van der Waals surface area contributed by atoms with Crippen LogP contribution in [0.4, 0.5) is 17.2 Å². The Hall–Kier alpha value is -4.87. The third-order valence-electron chi connectivity index (χ3n) is 8.34. The topological polar surface area (TPSA) is 34.0 Å². The van der Waals surface area contributed by atoms with Gasteiger partial charge in [0.05, 0.1) is 22.4 Å². The Morgan fingerprint density at radius 1 is 0.548 bits per heavy atom. The number of para-hydroxylation sites is 2. The molecule has 42 heavy (non-hydrogen) atoms. The first-order valence-electron chi connectivity index (χ1n) is 14.2. The summed E-state index contributed by atoms with van der Waals surface area (Å²) >= 11 is 1.79. The van der Waals surface area contributed by atoms with Gasteiger partial charge < -0.3 is 0 Å². The molecule has 1 aliphatic heterocycles. The number of rotatable bonds is 4. The van der Waals surface area contributed by atoms with Crippen LogP contribution in [0.1, 0.15) is 25.0 Å². The van der Waals surface area contributed by atoms with Gasteiger partial charge in [0.25, 0.3) is 0 Å². The summed E-state index contributed by atoms with van der Waals surface area (Å²) in [4.78, 5) is 14.1. The normalized spacial score (nSPS) is 13.7. The third kappa shape index (κ3) is 3.85. The fourth-order valence-corrected chi connectivity index (χ4v) is 7.26. The number of benzene rings is 4. The lowest BCUT2D eigenvalue weighted by Gasteiger charge is -2.41. The molecule has 0 spiro atoms. The highest BCUT2D eigenvalue weighted by atomic mass is 32.2. The third-order valence-corrected chi connectivity index (χ3v) is 9.32. The van der Waals surface area contributed by atoms with E-state index in [4.69, 9.17) is 9.97 Å². The van der Waals surface area contributed by atoms with E-state index < -0.39 is 0 Å². The molecular formula is C37H28N4S. The van der Waals surface area contributed by atoms with E-state index in [1.807, 2.05) is 30.6 Å². The van der Waals surface area contributed by atoms with Crippen molar-refractivity contribution in [3.05, 3.63) is 145 Å². The van der Waals surface area contributed by atoms with E-state index in [9.17, 15) is 0 Å². The zero-order valence-electron chi connectivity index (χ0n) is 23.4. The molecule has 0 N–H and O–H groups in total. The number of fused-ring (bicyclic) bond motifs is 5. The lowest BCUT2D eigenvalue weighted by molar-refractivity contribution is 0.630. The first-order chi connectivity index (χ1) is 20.6. The number of hydrogen-bond acceptors (Lipinski definition) is 4. The zero-order chi connectivity index (χ0) is 28.3. The summed E-state index contributed by atoms with van der Waals surface area (Å²) in [5.41, 5.74) is 7.13. The summed E-state index contributed by atoms with van der Waals surface area (Å²) in [6.07, 6.45) is 3.72. The second-order valence-corrected chi connectivity index (χ2v) is 12.3. The molecular weight excluding hydrogens is 533 g/mol. The Morgan fingerprint density at radius 2 is 1.19 bits per heavy atom. The van der Waals surface area contributed by atoms with Crippen molar-refractivity contribution in [2.24, 2.45) is 0 Å². The maximum atomic E-state index is 4.77. The molecule has 0 saturated heterocycles.